The van der Waals surface area contributed by atoms with Crippen molar-refractivity contribution in [1.82, 2.24) is 10.3 Å². The van der Waals surface area contributed by atoms with Gasteiger partial charge >= 0.3 is 6.09 Å². The van der Waals surface area contributed by atoms with Gasteiger partial charge in [0.25, 0.3) is 0 Å². The summed E-state index contributed by atoms with van der Waals surface area (Å²) in [6.45, 7) is 2.27. The Hall–Kier alpha value is -1.29. The van der Waals surface area contributed by atoms with Crippen molar-refractivity contribution >= 4 is 17.7 Å². The van der Waals surface area contributed by atoms with Crippen LogP contribution >= 0.6 is 11.6 Å². The Balaban J connectivity index is 1.81. The van der Waals surface area contributed by atoms with Crippen LogP contribution < -0.4 is 5.32 Å². The van der Waals surface area contributed by atoms with Crippen molar-refractivity contribution in [3.8, 4) is 0 Å². The minimum Gasteiger partial charge on any atom is -0.446 e. The number of nitrogens with zero attached hydrogens (tertiary/aromatic N) is 1. The van der Waals surface area contributed by atoms with Crippen LogP contribution in [0.3, 0.4) is 0 Å². The lowest BCUT2D eigenvalue weighted by molar-refractivity contribution is 0.0522. The Labute approximate surface area is 105 Å². The van der Waals surface area contributed by atoms with Gasteiger partial charge in [-0.1, -0.05) is 11.6 Å². The van der Waals surface area contributed by atoms with Gasteiger partial charge in [0.1, 0.15) is 11.3 Å². The second-order valence-corrected chi connectivity index (χ2v) is 4.64. The molecular formula is C12H15ClN2O2. The lowest BCUT2D eigenvalue weighted by atomic mass is 9.96. The number of alkyl carbamates (subject to hydrolysis) is 1. The Bertz CT molecular complexity index is 399. The Kier molecular flexibility index (Phi) is 3.84. The summed E-state index contributed by atoms with van der Waals surface area (Å²) in [7, 11) is 0. The third-order valence-electron chi connectivity index (χ3n) is 2.74. The number of ether oxygens (including phenoxy) is 1. The molecule has 4 nitrogen and oxygen atoms in total. The van der Waals surface area contributed by atoms with Gasteiger partial charge in [-0.3, -0.25) is 0 Å². The summed E-state index contributed by atoms with van der Waals surface area (Å²) in [6.07, 6.45) is 2.86. The standard InChI is InChI=1S/C12H15ClN2O2/c1-8-5-9(6-11(13)15-8)7-14-12(16)17-10-3-2-4-10/h5-6,10H,2-4,7H2,1H3,(H,14,16). The number of carbonyl (C=O) groups excluding carboxylic acids is 1. The van der Waals surface area contributed by atoms with E-state index >= 15 is 0 Å². The fourth-order valence-corrected chi connectivity index (χ4v) is 1.93. The first kappa shape index (κ1) is 12.2. The van der Waals surface area contributed by atoms with Crippen LogP contribution in [0.15, 0.2) is 12.1 Å². The molecule has 0 unspecified atom stereocenters. The third-order valence-corrected chi connectivity index (χ3v) is 2.94. The summed E-state index contributed by atoms with van der Waals surface area (Å²) in [5.41, 5.74) is 1.76. The van der Waals surface area contributed by atoms with E-state index in [4.69, 9.17) is 16.3 Å². The Morgan fingerprint density at radius 2 is 2.35 bits per heavy atom. The average Bonchev–Trinajstić information content (AvgIpc) is 2.19. The Morgan fingerprint density at radius 1 is 1.59 bits per heavy atom. The van der Waals surface area contributed by atoms with Gasteiger partial charge in [0.05, 0.1) is 0 Å². The molecule has 0 radical (unpaired) electrons. The molecule has 0 bridgehead atoms. The van der Waals surface area contributed by atoms with E-state index in [2.05, 4.69) is 10.3 Å². The smallest absolute Gasteiger partial charge is 0.407 e. The summed E-state index contributed by atoms with van der Waals surface area (Å²) in [6, 6.07) is 3.62. The highest BCUT2D eigenvalue weighted by molar-refractivity contribution is 6.29. The number of hydrogen-bond donors (Lipinski definition) is 1. The molecule has 17 heavy (non-hydrogen) atoms. The summed E-state index contributed by atoms with van der Waals surface area (Å²) in [4.78, 5) is 15.5. The molecule has 92 valence electrons. The van der Waals surface area contributed by atoms with Crippen molar-refractivity contribution in [2.45, 2.75) is 38.8 Å². The summed E-state index contributed by atoms with van der Waals surface area (Å²) >= 11 is 5.83. The minimum atomic E-state index is -0.361. The molecule has 1 aliphatic carbocycles. The van der Waals surface area contributed by atoms with E-state index in [0.717, 1.165) is 30.5 Å². The number of halogens is 1. The van der Waals surface area contributed by atoms with Gasteiger partial charge in [-0.25, -0.2) is 9.78 Å². The van der Waals surface area contributed by atoms with Crippen molar-refractivity contribution in [2.24, 2.45) is 0 Å². The maximum Gasteiger partial charge on any atom is 0.407 e. The molecule has 1 fully saturated rings. The number of hydrogen-bond acceptors (Lipinski definition) is 3. The van der Waals surface area contributed by atoms with Crippen LogP contribution in [0.2, 0.25) is 5.15 Å². The first-order valence-corrected chi connectivity index (χ1v) is 6.09. The lowest BCUT2D eigenvalue weighted by Crippen LogP contribution is -2.32. The predicted molar refractivity (Wildman–Crippen MR) is 64.9 cm³/mol. The summed E-state index contributed by atoms with van der Waals surface area (Å²) in [5.74, 6) is 0. The second-order valence-electron chi connectivity index (χ2n) is 4.25. The number of nitrogens with one attached hydrogen (secondary N) is 1. The van der Waals surface area contributed by atoms with Gasteiger partial charge in [-0.05, 0) is 43.9 Å². The zero-order chi connectivity index (χ0) is 12.3. The van der Waals surface area contributed by atoms with Crippen molar-refractivity contribution in [1.29, 1.82) is 0 Å². The first-order valence-electron chi connectivity index (χ1n) is 5.71. The molecular weight excluding hydrogens is 240 g/mol. The number of pyridine rings is 1. The van der Waals surface area contributed by atoms with Crippen LogP contribution in [0.4, 0.5) is 4.79 Å². The molecule has 1 saturated carbocycles. The van der Waals surface area contributed by atoms with Crippen LogP contribution in [0.25, 0.3) is 0 Å². The van der Waals surface area contributed by atoms with E-state index in [9.17, 15) is 4.79 Å². The first-order chi connectivity index (χ1) is 8.13. The van der Waals surface area contributed by atoms with Crippen molar-refractivity contribution in [2.75, 3.05) is 0 Å². The van der Waals surface area contributed by atoms with Gasteiger partial charge in [-0.2, -0.15) is 0 Å². The van der Waals surface area contributed by atoms with Crippen molar-refractivity contribution in [3.05, 3.63) is 28.5 Å². The predicted octanol–water partition coefficient (Wildman–Crippen LogP) is 2.82. The number of rotatable bonds is 3. The molecule has 0 saturated heterocycles. The number of aryl methyl sites for hydroxylation is 1. The highest BCUT2D eigenvalue weighted by Gasteiger charge is 2.21. The van der Waals surface area contributed by atoms with E-state index < -0.39 is 0 Å². The molecule has 2 rings (SSSR count). The van der Waals surface area contributed by atoms with Crippen LogP contribution in [-0.4, -0.2) is 17.2 Å². The maximum absolute atomic E-state index is 11.4. The summed E-state index contributed by atoms with van der Waals surface area (Å²) in [5, 5.41) is 3.14. The fraction of sp³-hybridized carbons (Fsp3) is 0.500. The fourth-order valence-electron chi connectivity index (χ4n) is 1.65. The quantitative estimate of drug-likeness (QED) is 0.844. The van der Waals surface area contributed by atoms with Crippen molar-refractivity contribution < 1.29 is 9.53 Å². The molecule has 1 N–H and O–H groups in total. The normalized spacial score (nSPS) is 15.2. The number of amides is 1. The molecule has 0 aromatic carbocycles. The van der Waals surface area contributed by atoms with E-state index in [-0.39, 0.29) is 12.2 Å². The zero-order valence-corrected chi connectivity index (χ0v) is 10.5. The van der Waals surface area contributed by atoms with Gasteiger partial charge < -0.3 is 10.1 Å². The molecule has 1 aliphatic rings. The highest BCUT2D eigenvalue weighted by Crippen LogP contribution is 2.21. The number of aromatic nitrogens is 1. The maximum atomic E-state index is 11.4. The lowest BCUT2D eigenvalue weighted by Gasteiger charge is -2.25. The van der Waals surface area contributed by atoms with Crippen molar-refractivity contribution in [3.63, 3.8) is 0 Å². The van der Waals surface area contributed by atoms with Gasteiger partial charge in [0.2, 0.25) is 0 Å². The van der Waals surface area contributed by atoms with Gasteiger partial charge in [0, 0.05) is 12.2 Å². The molecule has 1 amide bonds. The molecule has 1 heterocycles. The van der Waals surface area contributed by atoms with Gasteiger partial charge in [-0.15, -0.1) is 0 Å². The van der Waals surface area contributed by atoms with Crippen LogP contribution in [0.5, 0.6) is 0 Å². The molecule has 0 spiro atoms. The number of carbonyl (C=O) groups is 1. The van der Waals surface area contributed by atoms with Crippen LogP contribution in [-0.2, 0) is 11.3 Å². The molecule has 0 atom stereocenters. The van der Waals surface area contributed by atoms with E-state index in [1.54, 1.807) is 6.07 Å². The monoisotopic (exact) mass is 254 g/mol. The molecule has 1 aromatic heterocycles. The highest BCUT2D eigenvalue weighted by atomic mass is 35.5. The van der Waals surface area contributed by atoms with Crippen LogP contribution in [0.1, 0.15) is 30.5 Å². The molecule has 1 aromatic rings. The topological polar surface area (TPSA) is 51.2 Å². The van der Waals surface area contributed by atoms with Crippen LogP contribution in [0, 0.1) is 6.92 Å². The van der Waals surface area contributed by atoms with E-state index in [1.807, 2.05) is 13.0 Å². The molecule has 0 aliphatic heterocycles. The molecule has 5 heteroatoms. The average molecular weight is 255 g/mol. The SMILES string of the molecule is Cc1cc(CNC(=O)OC2CCC2)cc(Cl)n1. The van der Waals surface area contributed by atoms with E-state index in [1.165, 1.54) is 0 Å². The minimum absolute atomic E-state index is 0.109. The summed E-state index contributed by atoms with van der Waals surface area (Å²) < 4.78 is 5.17. The zero-order valence-electron chi connectivity index (χ0n) is 9.70. The second kappa shape index (κ2) is 5.36. The Morgan fingerprint density at radius 3 is 2.94 bits per heavy atom. The third kappa shape index (κ3) is 3.60. The van der Waals surface area contributed by atoms with Gasteiger partial charge in [0.15, 0.2) is 0 Å². The largest absolute Gasteiger partial charge is 0.446 e. The van der Waals surface area contributed by atoms with E-state index in [0.29, 0.717) is 11.7 Å².